The minimum absolute atomic E-state index is 0.0576. The number of esters is 2. The summed E-state index contributed by atoms with van der Waals surface area (Å²) >= 11 is 0. The van der Waals surface area contributed by atoms with E-state index in [1.165, 1.54) is 353 Å². The number of carbonyl (C=O) groups is 2. The van der Waals surface area contributed by atoms with Gasteiger partial charge < -0.3 is 20.1 Å². The zero-order valence-corrected chi connectivity index (χ0v) is 57.3. The number of rotatable bonds is 73. The third kappa shape index (κ3) is 69.8. The maximum Gasteiger partial charge on any atom is 0.472 e. The molecule has 10 heteroatoms. The van der Waals surface area contributed by atoms with Gasteiger partial charge in [-0.05, 0) is 38.5 Å². The van der Waals surface area contributed by atoms with Gasteiger partial charge in [-0.3, -0.25) is 18.6 Å². The van der Waals surface area contributed by atoms with Gasteiger partial charge in [0.2, 0.25) is 0 Å². The average Bonchev–Trinajstić information content (AvgIpc) is 3.58. The smallest absolute Gasteiger partial charge is 0.462 e. The van der Waals surface area contributed by atoms with Crippen molar-refractivity contribution in [1.29, 1.82) is 0 Å². The highest BCUT2D eigenvalue weighted by Gasteiger charge is 2.26. The summed E-state index contributed by atoms with van der Waals surface area (Å²) in [6.45, 7) is 3.84. The topological polar surface area (TPSA) is 134 Å². The van der Waals surface area contributed by atoms with Crippen LogP contribution in [0.3, 0.4) is 0 Å². The Labute approximate surface area is 523 Å². The Morgan fingerprint density at radius 1 is 0.345 bits per heavy atom. The number of nitrogens with two attached hydrogens (primary N) is 1. The lowest BCUT2D eigenvalue weighted by Crippen LogP contribution is -2.29. The van der Waals surface area contributed by atoms with E-state index in [2.05, 4.69) is 26.0 Å². The molecule has 500 valence electrons. The summed E-state index contributed by atoms with van der Waals surface area (Å²) in [4.78, 5) is 35.4. The Kier molecular flexibility index (Phi) is 69.8. The van der Waals surface area contributed by atoms with E-state index < -0.39 is 26.5 Å². The van der Waals surface area contributed by atoms with Crippen molar-refractivity contribution in [3.63, 3.8) is 0 Å². The summed E-state index contributed by atoms with van der Waals surface area (Å²) in [6, 6.07) is 0. The molecule has 0 bridgehead atoms. The molecule has 84 heavy (non-hydrogen) atoms. The van der Waals surface area contributed by atoms with E-state index in [1.807, 2.05) is 0 Å². The molecular formula is C74H146NO8P. The molecule has 2 unspecified atom stereocenters. The molecule has 0 aromatic heterocycles. The third-order valence-electron chi connectivity index (χ3n) is 17.4. The van der Waals surface area contributed by atoms with E-state index in [4.69, 9.17) is 24.3 Å². The Hall–Kier alpha value is -1.25. The van der Waals surface area contributed by atoms with E-state index in [1.54, 1.807) is 0 Å². The van der Waals surface area contributed by atoms with Gasteiger partial charge in [-0.25, -0.2) is 4.57 Å². The van der Waals surface area contributed by atoms with Crippen LogP contribution in [-0.2, 0) is 32.7 Å². The lowest BCUT2D eigenvalue weighted by molar-refractivity contribution is -0.161. The lowest BCUT2D eigenvalue weighted by Gasteiger charge is -2.19. The summed E-state index contributed by atoms with van der Waals surface area (Å²) in [5, 5.41) is 0. The van der Waals surface area contributed by atoms with Gasteiger partial charge in [-0.2, -0.15) is 0 Å². The van der Waals surface area contributed by atoms with E-state index in [9.17, 15) is 19.0 Å². The number of allylic oxidation sites excluding steroid dienone is 2. The van der Waals surface area contributed by atoms with Gasteiger partial charge >= 0.3 is 19.8 Å². The van der Waals surface area contributed by atoms with Crippen molar-refractivity contribution >= 4 is 19.8 Å². The van der Waals surface area contributed by atoms with E-state index in [0.717, 1.165) is 32.1 Å². The van der Waals surface area contributed by atoms with E-state index in [0.29, 0.717) is 6.42 Å². The van der Waals surface area contributed by atoms with Crippen molar-refractivity contribution in [2.24, 2.45) is 5.73 Å². The van der Waals surface area contributed by atoms with Crippen LogP contribution in [0.25, 0.3) is 0 Å². The molecule has 0 radical (unpaired) electrons. The Balaban J connectivity index is 3.75. The van der Waals surface area contributed by atoms with Crippen molar-refractivity contribution in [3.8, 4) is 0 Å². The first kappa shape index (κ1) is 82.8. The van der Waals surface area contributed by atoms with Gasteiger partial charge in [0.25, 0.3) is 0 Å². The molecule has 0 aromatic rings. The summed E-state index contributed by atoms with van der Waals surface area (Å²) in [5.41, 5.74) is 5.41. The molecule has 0 rings (SSSR count). The highest BCUT2D eigenvalue weighted by atomic mass is 31.2. The molecule has 9 nitrogen and oxygen atoms in total. The fourth-order valence-corrected chi connectivity index (χ4v) is 12.6. The SMILES string of the molecule is CCCCCCCCCC/C=C\CCCCCCCCCCCCCCCCCC(=O)OC(COC(=O)CCCCCCCCCCCCCCCCCCCCCCCCCCCCCCCCCCCCCC)COP(=O)(O)OCCN. The molecule has 0 aliphatic rings. The Morgan fingerprint density at radius 3 is 0.845 bits per heavy atom. The zero-order chi connectivity index (χ0) is 60.9. The highest BCUT2D eigenvalue weighted by Crippen LogP contribution is 2.43. The van der Waals surface area contributed by atoms with E-state index >= 15 is 0 Å². The van der Waals surface area contributed by atoms with Crippen molar-refractivity contribution in [2.75, 3.05) is 26.4 Å². The van der Waals surface area contributed by atoms with Crippen LogP contribution in [-0.4, -0.2) is 49.3 Å². The van der Waals surface area contributed by atoms with Gasteiger partial charge in [0.15, 0.2) is 6.10 Å². The fraction of sp³-hybridized carbons (Fsp3) is 0.946. The maximum atomic E-state index is 12.8. The van der Waals surface area contributed by atoms with Crippen LogP contribution in [0, 0.1) is 0 Å². The molecule has 0 saturated heterocycles. The van der Waals surface area contributed by atoms with Crippen molar-refractivity contribution in [1.82, 2.24) is 0 Å². The number of phosphoric ester groups is 1. The highest BCUT2D eigenvalue weighted by molar-refractivity contribution is 7.47. The second kappa shape index (κ2) is 70.8. The standard InChI is InChI=1S/C74H146NO8P/c1-3-5-7-9-11-13-15-17-19-21-23-25-27-29-31-32-33-34-35-36-37-38-39-41-42-44-46-48-50-52-54-56-58-60-62-64-66-73(76)80-70-72(71-82-84(78,79)81-69-68-75)83-74(77)67-65-63-61-59-57-55-53-51-49-47-45-43-40-30-28-26-24-22-20-18-16-14-12-10-8-6-4-2/h22,24,72H,3-21,23,25-71,75H2,1-2H3,(H,78,79)/b24-22-. The molecule has 0 saturated carbocycles. The summed E-state index contributed by atoms with van der Waals surface area (Å²) in [5.74, 6) is -0.800. The normalized spacial score (nSPS) is 12.9. The van der Waals surface area contributed by atoms with Gasteiger partial charge in [0.1, 0.15) is 6.61 Å². The second-order valence-electron chi connectivity index (χ2n) is 25.9. The van der Waals surface area contributed by atoms with Crippen LogP contribution in [0.5, 0.6) is 0 Å². The number of hydrogen-bond acceptors (Lipinski definition) is 8. The number of unbranched alkanes of at least 4 members (excludes halogenated alkanes) is 58. The fourth-order valence-electron chi connectivity index (χ4n) is 11.8. The molecule has 3 N–H and O–H groups in total. The Bertz CT molecular complexity index is 1380. The summed E-state index contributed by atoms with van der Waals surface area (Å²) in [6.07, 6.45) is 86.3. The predicted octanol–water partition coefficient (Wildman–Crippen LogP) is 24.7. The van der Waals surface area contributed by atoms with Crippen molar-refractivity contribution in [2.45, 2.75) is 424 Å². The number of carbonyl (C=O) groups excluding carboxylic acids is 2. The molecule has 0 aromatic carbocycles. The van der Waals surface area contributed by atoms with Crippen LogP contribution in [0.4, 0.5) is 0 Å². The Morgan fingerprint density at radius 2 is 0.583 bits per heavy atom. The molecule has 0 aliphatic carbocycles. The van der Waals surface area contributed by atoms with Gasteiger partial charge in [-0.15, -0.1) is 0 Å². The van der Waals surface area contributed by atoms with Crippen LogP contribution in [0.1, 0.15) is 418 Å². The molecule has 2 atom stereocenters. The molecule has 0 fully saturated rings. The minimum atomic E-state index is -4.39. The van der Waals surface area contributed by atoms with Crippen molar-refractivity contribution < 1.29 is 37.6 Å². The first-order valence-electron chi connectivity index (χ1n) is 37.7. The summed E-state index contributed by atoms with van der Waals surface area (Å²) < 4.78 is 33.2. The third-order valence-corrected chi connectivity index (χ3v) is 18.4. The first-order valence-corrected chi connectivity index (χ1v) is 39.2. The quantitative estimate of drug-likeness (QED) is 0.0264. The molecule has 0 spiro atoms. The molecule has 0 aliphatic heterocycles. The van der Waals surface area contributed by atoms with Crippen molar-refractivity contribution in [3.05, 3.63) is 12.2 Å². The monoisotopic (exact) mass is 1210 g/mol. The van der Waals surface area contributed by atoms with Crippen LogP contribution < -0.4 is 5.73 Å². The summed E-state index contributed by atoms with van der Waals surface area (Å²) in [7, 11) is -4.39. The lowest BCUT2D eigenvalue weighted by atomic mass is 10.0. The number of hydrogen-bond donors (Lipinski definition) is 2. The molecule has 0 amide bonds. The number of phosphoric acid groups is 1. The first-order chi connectivity index (χ1) is 41.3. The second-order valence-corrected chi connectivity index (χ2v) is 27.3. The predicted molar refractivity (Wildman–Crippen MR) is 363 cm³/mol. The van der Waals surface area contributed by atoms with Gasteiger partial charge in [0, 0.05) is 19.4 Å². The zero-order valence-electron chi connectivity index (χ0n) is 56.4. The molecule has 0 heterocycles. The van der Waals surface area contributed by atoms with Crippen LogP contribution in [0.2, 0.25) is 0 Å². The number of ether oxygens (including phenoxy) is 2. The van der Waals surface area contributed by atoms with Gasteiger partial charge in [-0.1, -0.05) is 379 Å². The van der Waals surface area contributed by atoms with Crippen LogP contribution >= 0.6 is 7.82 Å². The maximum absolute atomic E-state index is 12.8. The van der Waals surface area contributed by atoms with Gasteiger partial charge in [0.05, 0.1) is 13.2 Å². The van der Waals surface area contributed by atoms with Crippen LogP contribution in [0.15, 0.2) is 12.2 Å². The minimum Gasteiger partial charge on any atom is -0.462 e. The molecular weight excluding hydrogens is 1060 g/mol. The van der Waals surface area contributed by atoms with E-state index in [-0.39, 0.29) is 38.6 Å². The average molecular weight is 1210 g/mol. The largest absolute Gasteiger partial charge is 0.472 e.